The molecule has 0 aliphatic heterocycles. The highest BCUT2D eigenvalue weighted by atomic mass is 16.2. The third-order valence-electron chi connectivity index (χ3n) is 4.62. The van der Waals surface area contributed by atoms with Gasteiger partial charge in [-0.15, -0.1) is 0 Å². The molecule has 6 heteroatoms. The van der Waals surface area contributed by atoms with Crippen LogP contribution in [-0.4, -0.2) is 15.9 Å². The van der Waals surface area contributed by atoms with Crippen LogP contribution < -0.4 is 16.8 Å². The fraction of sp³-hybridized carbons (Fsp3) is 0.211. The third-order valence-corrected chi connectivity index (χ3v) is 4.62. The van der Waals surface area contributed by atoms with Gasteiger partial charge in [-0.1, -0.05) is 0 Å². The molecule has 25 heavy (non-hydrogen) atoms. The highest BCUT2D eigenvalue weighted by Gasteiger charge is 2.29. The Morgan fingerprint density at radius 1 is 1.20 bits per heavy atom. The molecule has 2 aromatic heterocycles. The van der Waals surface area contributed by atoms with Crippen molar-refractivity contribution in [2.24, 2.45) is 5.92 Å². The Balaban J connectivity index is 1.78. The lowest BCUT2D eigenvalue weighted by Gasteiger charge is -2.12. The van der Waals surface area contributed by atoms with Crippen LogP contribution in [0.25, 0.3) is 21.9 Å². The number of benzene rings is 1. The van der Waals surface area contributed by atoms with Crippen LogP contribution in [0.1, 0.15) is 18.4 Å². The van der Waals surface area contributed by atoms with Gasteiger partial charge in [-0.05, 0) is 66.1 Å². The third kappa shape index (κ3) is 2.87. The number of nitrogens with zero attached hydrogens (tertiary/aromatic N) is 2. The number of rotatable bonds is 3. The maximum absolute atomic E-state index is 12.0. The van der Waals surface area contributed by atoms with Crippen molar-refractivity contribution < 1.29 is 4.79 Å². The largest absolute Gasteiger partial charge is 0.398 e. The Morgan fingerprint density at radius 3 is 2.76 bits per heavy atom. The van der Waals surface area contributed by atoms with Gasteiger partial charge in [0.15, 0.2) is 0 Å². The summed E-state index contributed by atoms with van der Waals surface area (Å²) < 4.78 is 0. The summed E-state index contributed by atoms with van der Waals surface area (Å²) in [4.78, 5) is 20.4. The van der Waals surface area contributed by atoms with Gasteiger partial charge in [0, 0.05) is 29.4 Å². The van der Waals surface area contributed by atoms with Gasteiger partial charge in [0.2, 0.25) is 5.91 Å². The Bertz CT molecular complexity index is 995. The summed E-state index contributed by atoms with van der Waals surface area (Å²) in [7, 11) is 0. The van der Waals surface area contributed by atoms with E-state index in [0.717, 1.165) is 40.3 Å². The molecule has 1 aromatic carbocycles. The van der Waals surface area contributed by atoms with Gasteiger partial charge < -0.3 is 16.8 Å². The molecule has 2 heterocycles. The predicted molar refractivity (Wildman–Crippen MR) is 99.9 cm³/mol. The number of aromatic nitrogens is 2. The first-order valence-corrected chi connectivity index (χ1v) is 8.24. The number of amides is 1. The monoisotopic (exact) mass is 333 g/mol. The summed E-state index contributed by atoms with van der Waals surface area (Å²) in [6.45, 7) is 1.94. The van der Waals surface area contributed by atoms with Crippen molar-refractivity contribution in [1.82, 2.24) is 9.97 Å². The smallest absolute Gasteiger partial charge is 0.228 e. The van der Waals surface area contributed by atoms with Crippen LogP contribution in [0.15, 0.2) is 36.7 Å². The molecule has 0 saturated heterocycles. The minimum Gasteiger partial charge on any atom is -0.398 e. The second kappa shape index (κ2) is 5.73. The molecular formula is C19H19N5O. The van der Waals surface area contributed by atoms with Crippen LogP contribution in [0.2, 0.25) is 0 Å². The number of pyridine rings is 2. The van der Waals surface area contributed by atoms with Crippen LogP contribution in [-0.2, 0) is 4.79 Å². The molecule has 1 amide bonds. The maximum atomic E-state index is 12.0. The summed E-state index contributed by atoms with van der Waals surface area (Å²) in [6.07, 6.45) is 5.30. The molecule has 4 rings (SSSR count). The van der Waals surface area contributed by atoms with Gasteiger partial charge in [-0.25, -0.2) is 9.97 Å². The minimum absolute atomic E-state index is 0.0359. The molecule has 1 fully saturated rings. The number of hydrogen-bond acceptors (Lipinski definition) is 5. The number of nitrogens with two attached hydrogens (primary N) is 2. The molecule has 5 N–H and O–H groups in total. The number of carbonyl (C=O) groups is 1. The van der Waals surface area contributed by atoms with E-state index in [1.54, 1.807) is 12.4 Å². The summed E-state index contributed by atoms with van der Waals surface area (Å²) in [5, 5.41) is 4.65. The molecule has 0 unspecified atom stereocenters. The zero-order chi connectivity index (χ0) is 17.6. The van der Waals surface area contributed by atoms with E-state index < -0.39 is 0 Å². The van der Waals surface area contributed by atoms with Crippen LogP contribution in [0.4, 0.5) is 17.3 Å². The van der Waals surface area contributed by atoms with E-state index in [2.05, 4.69) is 15.3 Å². The standard InChI is InChI=1S/C19H19N5O/c1-10-14(4-5-22-18(10)21)12-6-13-8-17(24-19(25)11-2-3-11)23-9-15(13)16(20)7-12/h4-9,11H,2-3,20H2,1H3,(H2,21,22)(H,23,24,25). The molecule has 1 saturated carbocycles. The van der Waals surface area contributed by atoms with Crippen molar-refractivity contribution in [3.63, 3.8) is 0 Å². The molecule has 6 nitrogen and oxygen atoms in total. The zero-order valence-corrected chi connectivity index (χ0v) is 13.9. The summed E-state index contributed by atoms with van der Waals surface area (Å²) in [5.41, 5.74) is 15.6. The van der Waals surface area contributed by atoms with Crippen molar-refractivity contribution in [2.45, 2.75) is 19.8 Å². The van der Waals surface area contributed by atoms with Crippen molar-refractivity contribution >= 4 is 34.0 Å². The molecule has 0 spiro atoms. The normalized spacial score (nSPS) is 13.8. The van der Waals surface area contributed by atoms with Crippen molar-refractivity contribution in [1.29, 1.82) is 0 Å². The van der Waals surface area contributed by atoms with Crippen LogP contribution in [0.5, 0.6) is 0 Å². The first-order valence-electron chi connectivity index (χ1n) is 8.24. The average molecular weight is 333 g/mol. The first-order chi connectivity index (χ1) is 12.0. The Kier molecular flexibility index (Phi) is 3.53. The summed E-state index contributed by atoms with van der Waals surface area (Å²) in [6, 6.07) is 7.72. The molecule has 0 bridgehead atoms. The van der Waals surface area contributed by atoms with Crippen molar-refractivity contribution in [3.8, 4) is 11.1 Å². The van der Waals surface area contributed by atoms with E-state index in [4.69, 9.17) is 11.5 Å². The average Bonchev–Trinajstić information content (AvgIpc) is 3.42. The number of anilines is 3. The Labute approximate surface area is 145 Å². The lowest BCUT2D eigenvalue weighted by atomic mass is 9.98. The Morgan fingerprint density at radius 2 is 2.00 bits per heavy atom. The highest BCUT2D eigenvalue weighted by molar-refractivity contribution is 6.00. The molecule has 0 radical (unpaired) electrons. The molecule has 126 valence electrons. The van der Waals surface area contributed by atoms with E-state index in [0.29, 0.717) is 17.3 Å². The van der Waals surface area contributed by atoms with Gasteiger partial charge in [0.25, 0.3) is 0 Å². The van der Waals surface area contributed by atoms with Crippen molar-refractivity contribution in [3.05, 3.63) is 42.2 Å². The number of nitrogens with one attached hydrogen (secondary N) is 1. The van der Waals surface area contributed by atoms with Crippen LogP contribution in [0, 0.1) is 12.8 Å². The number of fused-ring (bicyclic) bond motifs is 1. The van der Waals surface area contributed by atoms with E-state index in [1.807, 2.05) is 31.2 Å². The van der Waals surface area contributed by atoms with Gasteiger partial charge in [-0.2, -0.15) is 0 Å². The van der Waals surface area contributed by atoms with Crippen molar-refractivity contribution in [2.75, 3.05) is 16.8 Å². The predicted octanol–water partition coefficient (Wildman–Crippen LogP) is 3.12. The molecule has 3 aromatic rings. The van der Waals surface area contributed by atoms with Gasteiger partial charge >= 0.3 is 0 Å². The highest BCUT2D eigenvalue weighted by Crippen LogP contribution is 2.33. The second-order valence-corrected chi connectivity index (χ2v) is 6.49. The van der Waals surface area contributed by atoms with E-state index in [-0.39, 0.29) is 11.8 Å². The van der Waals surface area contributed by atoms with Gasteiger partial charge in [-0.3, -0.25) is 4.79 Å². The van der Waals surface area contributed by atoms with E-state index in [1.165, 1.54) is 0 Å². The fourth-order valence-corrected chi connectivity index (χ4v) is 2.95. The molecule has 1 aliphatic carbocycles. The Hall–Kier alpha value is -3.15. The fourth-order valence-electron chi connectivity index (χ4n) is 2.95. The molecule has 0 atom stereocenters. The summed E-state index contributed by atoms with van der Waals surface area (Å²) in [5.74, 6) is 1.22. The molecular weight excluding hydrogens is 314 g/mol. The SMILES string of the molecule is Cc1c(-c2cc(N)c3cnc(NC(=O)C4CC4)cc3c2)ccnc1N. The van der Waals surface area contributed by atoms with Gasteiger partial charge in [0.05, 0.1) is 0 Å². The summed E-state index contributed by atoms with van der Waals surface area (Å²) >= 11 is 0. The van der Waals surface area contributed by atoms with Crippen LogP contribution in [0.3, 0.4) is 0 Å². The van der Waals surface area contributed by atoms with E-state index >= 15 is 0 Å². The first kappa shape index (κ1) is 15.4. The molecule has 1 aliphatic rings. The van der Waals surface area contributed by atoms with E-state index in [9.17, 15) is 4.79 Å². The lowest BCUT2D eigenvalue weighted by molar-refractivity contribution is -0.117. The quantitative estimate of drug-likeness (QED) is 0.638. The number of hydrogen-bond donors (Lipinski definition) is 3. The number of carbonyl (C=O) groups excluding carboxylic acids is 1. The minimum atomic E-state index is 0.0359. The lowest BCUT2D eigenvalue weighted by Crippen LogP contribution is -2.14. The topological polar surface area (TPSA) is 107 Å². The second-order valence-electron chi connectivity index (χ2n) is 6.49. The zero-order valence-electron chi connectivity index (χ0n) is 13.9. The van der Waals surface area contributed by atoms with Crippen LogP contribution >= 0.6 is 0 Å². The maximum Gasteiger partial charge on any atom is 0.228 e. The number of nitrogen functional groups attached to an aromatic ring is 2. The van der Waals surface area contributed by atoms with Gasteiger partial charge in [0.1, 0.15) is 11.6 Å².